The van der Waals surface area contributed by atoms with Gasteiger partial charge >= 0.3 is 0 Å². The number of quaternary nitrogens is 1. The molecular weight excluding hydrogens is 586 g/mol. The zero-order chi connectivity index (χ0) is 32.9. The predicted octanol–water partition coefficient (Wildman–Crippen LogP) is 9.73. The average molecular weight is 667 g/mol. The summed E-state index contributed by atoms with van der Waals surface area (Å²) >= 11 is 0. The Morgan fingerprint density at radius 3 is 1.24 bits per heavy atom. The highest BCUT2D eigenvalue weighted by Gasteiger charge is 2.19. The van der Waals surface area contributed by atoms with Crippen LogP contribution in [0.25, 0.3) is 0 Å². The van der Waals surface area contributed by atoms with Crippen LogP contribution in [0, 0.1) is 0 Å². The number of ether oxygens (including phenoxy) is 2. The van der Waals surface area contributed by atoms with E-state index in [0.29, 0.717) is 0 Å². The molecule has 1 unspecified atom stereocenters. The molecule has 0 fully saturated rings. The normalized spacial score (nSPS) is 13.2. The monoisotopic (exact) mass is 666 g/mol. The molecule has 0 N–H and O–H groups in total. The van der Waals surface area contributed by atoms with Gasteiger partial charge in [0, 0.05) is 13.2 Å². The van der Waals surface area contributed by atoms with E-state index in [0.717, 1.165) is 43.7 Å². The number of allylic oxidation sites excluding steroid dienone is 8. The highest BCUT2D eigenvalue weighted by Crippen LogP contribution is 2.11. The minimum atomic E-state index is 0. The third-order valence-corrected chi connectivity index (χ3v) is 8.24. The fourth-order valence-electron chi connectivity index (χ4n) is 5.51. The molecule has 0 aliphatic heterocycles. The lowest BCUT2D eigenvalue weighted by atomic mass is 10.1. The van der Waals surface area contributed by atoms with Crippen molar-refractivity contribution >= 4 is 0 Å². The highest BCUT2D eigenvalue weighted by atomic mass is 35.5. The summed E-state index contributed by atoms with van der Waals surface area (Å²) in [5.74, 6) is 0. The molecule has 0 heterocycles. The Hall–Kier alpha value is -0.870. The summed E-state index contributed by atoms with van der Waals surface area (Å²) in [5, 5.41) is 0. The van der Waals surface area contributed by atoms with E-state index in [-0.39, 0.29) is 18.5 Å². The maximum absolute atomic E-state index is 6.31. The van der Waals surface area contributed by atoms with Crippen molar-refractivity contribution in [2.75, 3.05) is 47.5 Å². The standard InChI is InChI=1S/C42H80NO2.ClH/c1-6-8-10-12-14-16-18-20-22-24-26-28-30-32-34-36-38-44-41-42(40-43(3,4)5)45-39-37-35-33-31-29-27-25-23-21-19-17-15-13-11-9-7-2;/h14-17,20-23,42H,6-13,18-19,24-41H2,1-5H3;1H/q+1;/p-1/b16-14-,17-15-,22-20-,23-21-;. The van der Waals surface area contributed by atoms with Gasteiger partial charge in [-0.05, 0) is 77.0 Å². The first-order valence-corrected chi connectivity index (χ1v) is 19.6. The van der Waals surface area contributed by atoms with Crippen LogP contribution in [0.2, 0.25) is 0 Å². The molecule has 0 aromatic rings. The van der Waals surface area contributed by atoms with Crippen molar-refractivity contribution in [3.8, 4) is 0 Å². The third kappa shape index (κ3) is 41.2. The first-order chi connectivity index (χ1) is 22.0. The summed E-state index contributed by atoms with van der Waals surface area (Å²) in [5.41, 5.74) is 0. The second-order valence-corrected chi connectivity index (χ2v) is 14.2. The Morgan fingerprint density at radius 1 is 0.457 bits per heavy atom. The molecule has 272 valence electrons. The van der Waals surface area contributed by atoms with Gasteiger partial charge in [0.1, 0.15) is 12.6 Å². The van der Waals surface area contributed by atoms with Gasteiger partial charge < -0.3 is 26.4 Å². The molecule has 0 saturated heterocycles. The molecular formula is C42H80ClNO2. The van der Waals surface area contributed by atoms with E-state index in [2.05, 4.69) is 83.6 Å². The minimum absolute atomic E-state index is 0. The summed E-state index contributed by atoms with van der Waals surface area (Å²) in [4.78, 5) is 0. The van der Waals surface area contributed by atoms with E-state index in [1.54, 1.807) is 0 Å². The molecule has 0 spiro atoms. The average Bonchev–Trinajstić information content (AvgIpc) is 3.01. The second-order valence-electron chi connectivity index (χ2n) is 14.2. The molecule has 0 amide bonds. The Balaban J connectivity index is 0. The number of rotatable bonds is 35. The predicted molar refractivity (Wildman–Crippen MR) is 202 cm³/mol. The first-order valence-electron chi connectivity index (χ1n) is 19.6. The number of hydrogen-bond donors (Lipinski definition) is 0. The van der Waals surface area contributed by atoms with E-state index in [4.69, 9.17) is 9.47 Å². The Bertz CT molecular complexity index is 694. The fourth-order valence-corrected chi connectivity index (χ4v) is 5.51. The van der Waals surface area contributed by atoms with Gasteiger partial charge in [0.05, 0.1) is 27.7 Å². The fraction of sp³-hybridized carbons (Fsp3) is 0.810. The van der Waals surface area contributed by atoms with Crippen LogP contribution in [0.15, 0.2) is 48.6 Å². The van der Waals surface area contributed by atoms with E-state index < -0.39 is 0 Å². The lowest BCUT2D eigenvalue weighted by Crippen LogP contribution is -3.00. The minimum Gasteiger partial charge on any atom is -1.00 e. The lowest BCUT2D eigenvalue weighted by molar-refractivity contribution is -0.873. The number of nitrogens with zero attached hydrogens (tertiary/aromatic N) is 1. The SMILES string of the molecule is CCCCC/C=C\C/C=C\CCCCCCCCOCC(C[N+](C)(C)C)OCCCCCCCC/C=C\C/C=C\CCCCC.[Cl-]. The van der Waals surface area contributed by atoms with Gasteiger partial charge in [-0.2, -0.15) is 0 Å². The van der Waals surface area contributed by atoms with E-state index in [1.807, 2.05) is 0 Å². The van der Waals surface area contributed by atoms with Gasteiger partial charge in [-0.25, -0.2) is 0 Å². The maximum atomic E-state index is 6.31. The molecule has 0 radical (unpaired) electrons. The van der Waals surface area contributed by atoms with Crippen LogP contribution in [0.3, 0.4) is 0 Å². The molecule has 3 nitrogen and oxygen atoms in total. The van der Waals surface area contributed by atoms with Gasteiger partial charge in [0.15, 0.2) is 0 Å². The van der Waals surface area contributed by atoms with Crippen molar-refractivity contribution in [2.24, 2.45) is 0 Å². The van der Waals surface area contributed by atoms with Crippen molar-refractivity contribution in [3.63, 3.8) is 0 Å². The summed E-state index contributed by atoms with van der Waals surface area (Å²) in [7, 11) is 6.75. The number of halogens is 1. The highest BCUT2D eigenvalue weighted by molar-refractivity contribution is 4.93. The number of likely N-dealkylation sites (N-methyl/N-ethyl adjacent to an activating group) is 1. The van der Waals surface area contributed by atoms with Crippen LogP contribution in [0.4, 0.5) is 0 Å². The molecule has 0 aliphatic carbocycles. The summed E-state index contributed by atoms with van der Waals surface area (Å²) in [6.07, 6.45) is 49.8. The summed E-state index contributed by atoms with van der Waals surface area (Å²) in [6, 6.07) is 0. The zero-order valence-corrected chi connectivity index (χ0v) is 32.4. The summed E-state index contributed by atoms with van der Waals surface area (Å²) in [6.45, 7) is 8.01. The van der Waals surface area contributed by atoms with Crippen LogP contribution >= 0.6 is 0 Å². The third-order valence-electron chi connectivity index (χ3n) is 8.24. The van der Waals surface area contributed by atoms with Crippen LogP contribution in [-0.4, -0.2) is 58.1 Å². The van der Waals surface area contributed by atoms with Gasteiger partial charge in [-0.1, -0.05) is 140 Å². The van der Waals surface area contributed by atoms with E-state index >= 15 is 0 Å². The van der Waals surface area contributed by atoms with Gasteiger partial charge in [-0.3, -0.25) is 0 Å². The molecule has 1 atom stereocenters. The first kappa shape index (κ1) is 47.2. The lowest BCUT2D eigenvalue weighted by Gasteiger charge is -2.29. The van der Waals surface area contributed by atoms with E-state index in [1.165, 1.54) is 141 Å². The maximum Gasteiger partial charge on any atom is 0.130 e. The Morgan fingerprint density at radius 2 is 0.826 bits per heavy atom. The Kier molecular flexibility index (Phi) is 39.6. The van der Waals surface area contributed by atoms with Crippen LogP contribution in [0.1, 0.15) is 168 Å². The Labute approximate surface area is 295 Å². The van der Waals surface area contributed by atoms with Crippen molar-refractivity contribution in [2.45, 2.75) is 174 Å². The smallest absolute Gasteiger partial charge is 0.130 e. The molecule has 0 aromatic carbocycles. The largest absolute Gasteiger partial charge is 1.00 e. The zero-order valence-electron chi connectivity index (χ0n) is 31.6. The molecule has 0 aromatic heterocycles. The molecule has 4 heteroatoms. The molecule has 46 heavy (non-hydrogen) atoms. The van der Waals surface area contributed by atoms with Crippen LogP contribution in [0.5, 0.6) is 0 Å². The second kappa shape index (κ2) is 38.6. The van der Waals surface area contributed by atoms with Crippen molar-refractivity contribution in [1.82, 2.24) is 0 Å². The van der Waals surface area contributed by atoms with Gasteiger partial charge in [-0.15, -0.1) is 0 Å². The molecule has 0 rings (SSSR count). The van der Waals surface area contributed by atoms with Crippen LogP contribution < -0.4 is 12.4 Å². The van der Waals surface area contributed by atoms with Crippen LogP contribution in [-0.2, 0) is 9.47 Å². The molecule has 0 saturated carbocycles. The van der Waals surface area contributed by atoms with Crippen molar-refractivity contribution in [1.29, 1.82) is 0 Å². The molecule has 0 aliphatic rings. The van der Waals surface area contributed by atoms with Gasteiger partial charge in [0.25, 0.3) is 0 Å². The van der Waals surface area contributed by atoms with Crippen molar-refractivity contribution in [3.05, 3.63) is 48.6 Å². The number of hydrogen-bond acceptors (Lipinski definition) is 2. The quantitative estimate of drug-likeness (QED) is 0.0381. The summed E-state index contributed by atoms with van der Waals surface area (Å²) < 4.78 is 13.3. The topological polar surface area (TPSA) is 18.5 Å². The molecule has 0 bridgehead atoms. The van der Waals surface area contributed by atoms with Gasteiger partial charge in [0.2, 0.25) is 0 Å². The number of unbranched alkanes of at least 4 members (excludes halogenated alkanes) is 18. The van der Waals surface area contributed by atoms with Crippen molar-refractivity contribution < 1.29 is 26.4 Å². The van der Waals surface area contributed by atoms with E-state index in [9.17, 15) is 0 Å².